The molecule has 0 aromatic heterocycles. The van der Waals surface area contributed by atoms with Gasteiger partial charge in [-0.05, 0) is 51.2 Å². The van der Waals surface area contributed by atoms with Crippen molar-refractivity contribution in [3.05, 3.63) is 41.0 Å². The highest BCUT2D eigenvalue weighted by atomic mass is 16.5. The summed E-state index contributed by atoms with van der Waals surface area (Å²) in [6, 6.07) is 6.57. The summed E-state index contributed by atoms with van der Waals surface area (Å²) in [7, 11) is 0. The van der Waals surface area contributed by atoms with Crippen molar-refractivity contribution in [3.8, 4) is 0 Å². The van der Waals surface area contributed by atoms with Crippen LogP contribution in [0, 0.1) is 13.8 Å². The zero-order valence-electron chi connectivity index (χ0n) is 14.4. The minimum absolute atomic E-state index is 0.0565. The summed E-state index contributed by atoms with van der Waals surface area (Å²) in [6.45, 7) is 6.63. The van der Waals surface area contributed by atoms with Crippen LogP contribution in [0.2, 0.25) is 0 Å². The van der Waals surface area contributed by atoms with Crippen LogP contribution >= 0.6 is 0 Å². The summed E-state index contributed by atoms with van der Waals surface area (Å²) in [6.07, 6.45) is 12.0. The standard InChI is InChI=1S/C20H30O2/c1-4-22-20(21)13-11-9-7-5-6-8-10-12-19-16-17(2)14-15-18(19)3/h10,12,14-16H,4-9,11,13H2,1-3H3. The topological polar surface area (TPSA) is 26.3 Å². The van der Waals surface area contributed by atoms with E-state index in [0.29, 0.717) is 13.0 Å². The molecule has 122 valence electrons. The van der Waals surface area contributed by atoms with Gasteiger partial charge in [0, 0.05) is 6.42 Å². The largest absolute Gasteiger partial charge is 0.466 e. The molecule has 0 unspecified atom stereocenters. The van der Waals surface area contributed by atoms with Gasteiger partial charge in [-0.25, -0.2) is 0 Å². The fraction of sp³-hybridized carbons (Fsp3) is 0.550. The third-order valence-electron chi connectivity index (χ3n) is 3.79. The third kappa shape index (κ3) is 8.02. The Morgan fingerprint density at radius 2 is 1.82 bits per heavy atom. The smallest absolute Gasteiger partial charge is 0.305 e. The van der Waals surface area contributed by atoms with Gasteiger partial charge in [-0.3, -0.25) is 4.79 Å². The van der Waals surface area contributed by atoms with Crippen LogP contribution in [-0.2, 0) is 9.53 Å². The number of ether oxygens (including phenoxy) is 1. The molecular formula is C20H30O2. The minimum Gasteiger partial charge on any atom is -0.466 e. The lowest BCUT2D eigenvalue weighted by Crippen LogP contribution is -2.03. The molecule has 0 aliphatic rings. The molecule has 0 heterocycles. The van der Waals surface area contributed by atoms with Crippen molar-refractivity contribution in [2.24, 2.45) is 0 Å². The first-order valence-corrected chi connectivity index (χ1v) is 8.53. The SMILES string of the molecule is CCOC(=O)CCCCCCCC=Cc1cc(C)ccc1C. The first kappa shape index (κ1) is 18.5. The number of carbonyl (C=O) groups excluding carboxylic acids is 1. The highest BCUT2D eigenvalue weighted by Crippen LogP contribution is 2.14. The zero-order chi connectivity index (χ0) is 16.2. The molecule has 0 radical (unpaired) electrons. The second kappa shape index (κ2) is 11.1. The molecular weight excluding hydrogens is 272 g/mol. The summed E-state index contributed by atoms with van der Waals surface area (Å²) >= 11 is 0. The average Bonchev–Trinajstić information content (AvgIpc) is 2.49. The van der Waals surface area contributed by atoms with Crippen molar-refractivity contribution in [3.63, 3.8) is 0 Å². The van der Waals surface area contributed by atoms with Crippen molar-refractivity contribution < 1.29 is 9.53 Å². The van der Waals surface area contributed by atoms with Gasteiger partial charge in [0.15, 0.2) is 0 Å². The Balaban J connectivity index is 2.07. The van der Waals surface area contributed by atoms with E-state index in [1.165, 1.54) is 36.0 Å². The van der Waals surface area contributed by atoms with Gasteiger partial charge >= 0.3 is 5.97 Å². The van der Waals surface area contributed by atoms with Gasteiger partial charge in [0.25, 0.3) is 0 Å². The molecule has 0 aliphatic carbocycles. The quantitative estimate of drug-likeness (QED) is 0.415. The summed E-state index contributed by atoms with van der Waals surface area (Å²) in [5, 5.41) is 0. The Morgan fingerprint density at radius 1 is 1.09 bits per heavy atom. The maximum Gasteiger partial charge on any atom is 0.305 e. The van der Waals surface area contributed by atoms with Gasteiger partial charge in [-0.15, -0.1) is 0 Å². The van der Waals surface area contributed by atoms with E-state index in [-0.39, 0.29) is 5.97 Å². The molecule has 22 heavy (non-hydrogen) atoms. The lowest BCUT2D eigenvalue weighted by atomic mass is 10.0. The molecule has 1 aromatic carbocycles. The van der Waals surface area contributed by atoms with Crippen LogP contribution in [0.4, 0.5) is 0 Å². The summed E-state index contributed by atoms with van der Waals surface area (Å²) in [5.41, 5.74) is 3.97. The van der Waals surface area contributed by atoms with Crippen LogP contribution in [0.15, 0.2) is 24.3 Å². The Morgan fingerprint density at radius 3 is 2.59 bits per heavy atom. The molecule has 0 saturated carbocycles. The summed E-state index contributed by atoms with van der Waals surface area (Å²) in [5.74, 6) is -0.0565. The van der Waals surface area contributed by atoms with Crippen molar-refractivity contribution in [2.45, 2.75) is 65.7 Å². The predicted molar refractivity (Wildman–Crippen MR) is 93.9 cm³/mol. The van der Waals surface area contributed by atoms with Gasteiger partial charge in [0.2, 0.25) is 0 Å². The highest BCUT2D eigenvalue weighted by molar-refractivity contribution is 5.69. The molecule has 1 aromatic rings. The van der Waals surface area contributed by atoms with E-state index in [9.17, 15) is 4.79 Å². The molecule has 2 heteroatoms. The molecule has 0 aliphatic heterocycles. The second-order valence-corrected chi connectivity index (χ2v) is 5.87. The van der Waals surface area contributed by atoms with Gasteiger partial charge in [-0.1, -0.05) is 55.2 Å². The fourth-order valence-corrected chi connectivity index (χ4v) is 2.44. The second-order valence-electron chi connectivity index (χ2n) is 5.87. The maximum absolute atomic E-state index is 11.2. The summed E-state index contributed by atoms with van der Waals surface area (Å²) in [4.78, 5) is 11.2. The number of aryl methyl sites for hydroxylation is 2. The number of hydrogen-bond acceptors (Lipinski definition) is 2. The molecule has 0 saturated heterocycles. The van der Waals surface area contributed by atoms with Crippen LogP contribution in [0.25, 0.3) is 6.08 Å². The van der Waals surface area contributed by atoms with E-state index >= 15 is 0 Å². The Labute approximate surface area is 135 Å². The highest BCUT2D eigenvalue weighted by Gasteiger charge is 2.00. The lowest BCUT2D eigenvalue weighted by Gasteiger charge is -2.02. The van der Waals surface area contributed by atoms with Crippen LogP contribution in [0.3, 0.4) is 0 Å². The first-order valence-electron chi connectivity index (χ1n) is 8.53. The van der Waals surface area contributed by atoms with Crippen LogP contribution in [0.1, 0.15) is 68.6 Å². The number of hydrogen-bond donors (Lipinski definition) is 0. The van der Waals surface area contributed by atoms with E-state index < -0.39 is 0 Å². The summed E-state index contributed by atoms with van der Waals surface area (Å²) < 4.78 is 4.91. The number of esters is 1. The van der Waals surface area contributed by atoms with Crippen molar-refractivity contribution >= 4 is 12.0 Å². The fourth-order valence-electron chi connectivity index (χ4n) is 2.44. The molecule has 2 nitrogen and oxygen atoms in total. The van der Waals surface area contributed by atoms with Gasteiger partial charge in [0.05, 0.1) is 6.61 Å². The molecule has 1 rings (SSSR count). The van der Waals surface area contributed by atoms with E-state index in [1.54, 1.807) is 0 Å². The number of allylic oxidation sites excluding steroid dienone is 1. The van der Waals surface area contributed by atoms with E-state index in [4.69, 9.17) is 4.74 Å². The van der Waals surface area contributed by atoms with Gasteiger partial charge in [-0.2, -0.15) is 0 Å². The molecule has 0 fully saturated rings. The molecule has 0 amide bonds. The minimum atomic E-state index is -0.0565. The molecule has 0 spiro atoms. The Hall–Kier alpha value is -1.57. The van der Waals surface area contributed by atoms with Gasteiger partial charge in [0.1, 0.15) is 0 Å². The van der Waals surface area contributed by atoms with Gasteiger partial charge < -0.3 is 4.74 Å². The van der Waals surface area contributed by atoms with E-state index in [1.807, 2.05) is 6.92 Å². The average molecular weight is 302 g/mol. The normalized spacial score (nSPS) is 11.0. The van der Waals surface area contributed by atoms with E-state index in [0.717, 1.165) is 19.3 Å². The van der Waals surface area contributed by atoms with Crippen LogP contribution < -0.4 is 0 Å². The van der Waals surface area contributed by atoms with Crippen LogP contribution in [0.5, 0.6) is 0 Å². The van der Waals surface area contributed by atoms with Crippen molar-refractivity contribution in [2.75, 3.05) is 6.61 Å². The van der Waals surface area contributed by atoms with Crippen molar-refractivity contribution in [1.82, 2.24) is 0 Å². The number of rotatable bonds is 10. The van der Waals surface area contributed by atoms with Crippen LogP contribution in [-0.4, -0.2) is 12.6 Å². The maximum atomic E-state index is 11.2. The Bertz CT molecular complexity index is 475. The number of unbranched alkanes of at least 4 members (excludes halogenated alkanes) is 5. The van der Waals surface area contributed by atoms with E-state index in [2.05, 4.69) is 44.2 Å². The lowest BCUT2D eigenvalue weighted by molar-refractivity contribution is -0.143. The molecule has 0 bridgehead atoms. The number of benzene rings is 1. The third-order valence-corrected chi connectivity index (χ3v) is 3.79. The zero-order valence-corrected chi connectivity index (χ0v) is 14.4. The Kier molecular flexibility index (Phi) is 9.29. The van der Waals surface area contributed by atoms with Crippen molar-refractivity contribution in [1.29, 1.82) is 0 Å². The predicted octanol–water partition coefficient (Wildman–Crippen LogP) is 5.61. The molecule has 0 N–H and O–H groups in total. The molecule has 0 atom stereocenters. The monoisotopic (exact) mass is 302 g/mol. The number of carbonyl (C=O) groups is 1. The first-order chi connectivity index (χ1) is 10.6.